The molecule has 76 valence electrons. The minimum absolute atomic E-state index is 0.285. The molecule has 0 N–H and O–H groups in total. The first-order valence-electron chi connectivity index (χ1n) is 4.07. The Morgan fingerprint density at radius 2 is 1.93 bits per heavy atom. The number of halogens is 1. The summed E-state index contributed by atoms with van der Waals surface area (Å²) in [6, 6.07) is 3.34. The summed E-state index contributed by atoms with van der Waals surface area (Å²) in [5.74, 6) is 1.15. The predicted molar refractivity (Wildman–Crippen MR) is 54.3 cm³/mol. The van der Waals surface area contributed by atoms with E-state index in [9.17, 15) is 4.79 Å². The molecule has 0 bridgehead atoms. The van der Waals surface area contributed by atoms with Crippen LogP contribution in [-0.2, 0) is 11.2 Å². The van der Waals surface area contributed by atoms with Crippen molar-refractivity contribution in [3.8, 4) is 11.5 Å². The van der Waals surface area contributed by atoms with Gasteiger partial charge in [0.2, 0.25) is 0 Å². The van der Waals surface area contributed by atoms with Crippen molar-refractivity contribution in [2.45, 2.75) is 6.42 Å². The molecule has 0 radical (unpaired) electrons. The van der Waals surface area contributed by atoms with Gasteiger partial charge in [-0.15, -0.1) is 0 Å². The SMILES string of the molecule is COc1cc(OC)c(CC=O)cc1Cl. The van der Waals surface area contributed by atoms with Crippen molar-refractivity contribution in [3.05, 3.63) is 22.7 Å². The van der Waals surface area contributed by atoms with Crippen molar-refractivity contribution in [3.63, 3.8) is 0 Å². The smallest absolute Gasteiger partial charge is 0.141 e. The minimum atomic E-state index is 0.285. The van der Waals surface area contributed by atoms with Gasteiger partial charge in [-0.2, -0.15) is 0 Å². The van der Waals surface area contributed by atoms with Crippen molar-refractivity contribution in [2.24, 2.45) is 0 Å². The lowest BCUT2D eigenvalue weighted by molar-refractivity contribution is -0.107. The molecule has 1 rings (SSSR count). The van der Waals surface area contributed by atoms with Gasteiger partial charge in [0, 0.05) is 18.1 Å². The molecule has 14 heavy (non-hydrogen) atoms. The number of aldehydes is 1. The minimum Gasteiger partial charge on any atom is -0.496 e. The highest BCUT2D eigenvalue weighted by Crippen LogP contribution is 2.32. The Morgan fingerprint density at radius 1 is 1.29 bits per heavy atom. The maximum absolute atomic E-state index is 10.4. The van der Waals surface area contributed by atoms with Gasteiger partial charge in [-0.3, -0.25) is 0 Å². The predicted octanol–water partition coefficient (Wildman–Crippen LogP) is 2.10. The molecular formula is C10H11ClO3. The molecule has 0 aliphatic carbocycles. The summed E-state index contributed by atoms with van der Waals surface area (Å²) in [5.41, 5.74) is 0.758. The molecule has 1 aromatic rings. The van der Waals surface area contributed by atoms with Crippen LogP contribution in [0.3, 0.4) is 0 Å². The third kappa shape index (κ3) is 2.17. The molecule has 0 amide bonds. The Hall–Kier alpha value is -1.22. The van der Waals surface area contributed by atoms with E-state index in [0.717, 1.165) is 11.8 Å². The van der Waals surface area contributed by atoms with Crippen molar-refractivity contribution in [1.82, 2.24) is 0 Å². The number of carbonyl (C=O) groups excluding carboxylic acids is 1. The fraction of sp³-hybridized carbons (Fsp3) is 0.300. The Morgan fingerprint density at radius 3 is 2.43 bits per heavy atom. The van der Waals surface area contributed by atoms with E-state index in [2.05, 4.69) is 0 Å². The second-order valence-corrected chi connectivity index (χ2v) is 3.08. The molecular weight excluding hydrogens is 204 g/mol. The highest BCUT2D eigenvalue weighted by Gasteiger charge is 2.08. The van der Waals surface area contributed by atoms with Gasteiger partial charge >= 0.3 is 0 Å². The third-order valence-electron chi connectivity index (χ3n) is 1.86. The second-order valence-electron chi connectivity index (χ2n) is 2.67. The highest BCUT2D eigenvalue weighted by molar-refractivity contribution is 6.32. The molecule has 0 saturated carbocycles. The number of benzene rings is 1. The molecule has 0 heterocycles. The van der Waals surface area contributed by atoms with Crippen LogP contribution in [0, 0.1) is 0 Å². The van der Waals surface area contributed by atoms with E-state index >= 15 is 0 Å². The molecule has 1 aromatic carbocycles. The van der Waals surface area contributed by atoms with Crippen LogP contribution < -0.4 is 9.47 Å². The van der Waals surface area contributed by atoms with Gasteiger partial charge in [0.1, 0.15) is 17.8 Å². The first kappa shape index (κ1) is 10.9. The van der Waals surface area contributed by atoms with Gasteiger partial charge < -0.3 is 14.3 Å². The lowest BCUT2D eigenvalue weighted by Crippen LogP contribution is -1.95. The molecule has 0 unspecified atom stereocenters. The first-order chi connectivity index (χ1) is 6.72. The average Bonchev–Trinajstić information content (AvgIpc) is 2.19. The first-order valence-corrected chi connectivity index (χ1v) is 4.44. The quantitative estimate of drug-likeness (QED) is 0.720. The lowest BCUT2D eigenvalue weighted by atomic mass is 10.1. The molecule has 0 fully saturated rings. The molecule has 0 aromatic heterocycles. The summed E-state index contributed by atoms with van der Waals surface area (Å²) >= 11 is 5.90. The van der Waals surface area contributed by atoms with E-state index in [-0.39, 0.29) is 6.42 Å². The number of methoxy groups -OCH3 is 2. The van der Waals surface area contributed by atoms with Gasteiger partial charge in [-0.05, 0) is 6.07 Å². The molecule has 0 aliphatic rings. The summed E-state index contributed by atoms with van der Waals surface area (Å²) in [7, 11) is 3.07. The lowest BCUT2D eigenvalue weighted by Gasteiger charge is -2.09. The number of hydrogen-bond acceptors (Lipinski definition) is 3. The number of ether oxygens (including phenoxy) is 2. The van der Waals surface area contributed by atoms with Crippen LogP contribution in [0.2, 0.25) is 5.02 Å². The van der Waals surface area contributed by atoms with Crippen LogP contribution in [0.1, 0.15) is 5.56 Å². The van der Waals surface area contributed by atoms with Crippen molar-refractivity contribution in [2.75, 3.05) is 14.2 Å². The standard InChI is InChI=1S/C10H11ClO3/c1-13-9-6-10(14-2)8(11)5-7(9)3-4-12/h4-6H,3H2,1-2H3. The van der Waals surface area contributed by atoms with Crippen molar-refractivity contribution in [1.29, 1.82) is 0 Å². The van der Waals surface area contributed by atoms with Crippen molar-refractivity contribution < 1.29 is 14.3 Å². The van der Waals surface area contributed by atoms with Crippen LogP contribution in [-0.4, -0.2) is 20.5 Å². The van der Waals surface area contributed by atoms with E-state index in [1.165, 1.54) is 14.2 Å². The third-order valence-corrected chi connectivity index (χ3v) is 2.15. The monoisotopic (exact) mass is 214 g/mol. The molecule has 0 atom stereocenters. The van der Waals surface area contributed by atoms with Crippen LogP contribution >= 0.6 is 11.6 Å². The Balaban J connectivity index is 3.16. The van der Waals surface area contributed by atoms with Crippen LogP contribution in [0.15, 0.2) is 12.1 Å². The fourth-order valence-electron chi connectivity index (χ4n) is 1.17. The van der Waals surface area contributed by atoms with Gasteiger partial charge in [0.15, 0.2) is 0 Å². The molecule has 4 heteroatoms. The van der Waals surface area contributed by atoms with Gasteiger partial charge in [0.25, 0.3) is 0 Å². The second kappa shape index (κ2) is 4.86. The van der Waals surface area contributed by atoms with Crippen LogP contribution in [0.4, 0.5) is 0 Å². The zero-order valence-electron chi connectivity index (χ0n) is 8.04. The number of hydrogen-bond donors (Lipinski definition) is 0. The summed E-state index contributed by atoms with van der Waals surface area (Å²) in [6.45, 7) is 0. The van der Waals surface area contributed by atoms with E-state index in [1.807, 2.05) is 0 Å². The Labute approximate surface area is 87.6 Å². The van der Waals surface area contributed by atoms with E-state index in [4.69, 9.17) is 21.1 Å². The van der Waals surface area contributed by atoms with Gasteiger partial charge in [-0.1, -0.05) is 11.6 Å². The zero-order valence-corrected chi connectivity index (χ0v) is 8.80. The molecule has 0 aliphatic heterocycles. The largest absolute Gasteiger partial charge is 0.496 e. The van der Waals surface area contributed by atoms with Crippen molar-refractivity contribution >= 4 is 17.9 Å². The van der Waals surface area contributed by atoms with E-state index in [1.54, 1.807) is 12.1 Å². The maximum Gasteiger partial charge on any atom is 0.141 e. The Kier molecular flexibility index (Phi) is 3.77. The summed E-state index contributed by atoms with van der Waals surface area (Å²) in [5, 5.41) is 0.477. The summed E-state index contributed by atoms with van der Waals surface area (Å²) in [6.07, 6.45) is 1.09. The molecule has 0 saturated heterocycles. The van der Waals surface area contributed by atoms with Crippen LogP contribution in [0.5, 0.6) is 11.5 Å². The Bertz CT molecular complexity index is 336. The molecule has 0 spiro atoms. The number of rotatable bonds is 4. The van der Waals surface area contributed by atoms with Gasteiger partial charge in [0.05, 0.1) is 19.2 Å². The van der Waals surface area contributed by atoms with E-state index in [0.29, 0.717) is 16.5 Å². The van der Waals surface area contributed by atoms with E-state index < -0.39 is 0 Å². The fourth-order valence-corrected chi connectivity index (χ4v) is 1.44. The summed E-state index contributed by atoms with van der Waals surface area (Å²) in [4.78, 5) is 10.4. The average molecular weight is 215 g/mol. The number of carbonyl (C=O) groups is 1. The van der Waals surface area contributed by atoms with Gasteiger partial charge in [-0.25, -0.2) is 0 Å². The topological polar surface area (TPSA) is 35.5 Å². The maximum atomic E-state index is 10.4. The molecule has 3 nitrogen and oxygen atoms in total. The summed E-state index contributed by atoms with van der Waals surface area (Å²) < 4.78 is 10.1. The normalized spacial score (nSPS) is 9.64. The highest BCUT2D eigenvalue weighted by atomic mass is 35.5. The van der Waals surface area contributed by atoms with Crippen LogP contribution in [0.25, 0.3) is 0 Å². The zero-order chi connectivity index (χ0) is 10.6.